The molecule has 6 N–H and O–H groups in total. The molecule has 0 aliphatic carbocycles. The summed E-state index contributed by atoms with van der Waals surface area (Å²) in [6.45, 7) is 1.66. The fourth-order valence-corrected chi connectivity index (χ4v) is 3.20. The number of nitro groups is 1. The first-order valence-corrected chi connectivity index (χ1v) is 8.84. The largest absolute Gasteiger partial charge is 0.320 e. The Labute approximate surface area is 167 Å². The highest BCUT2D eigenvalue weighted by Crippen LogP contribution is 2.24. The molecule has 1 fully saturated rings. The second kappa shape index (κ2) is 8.81. The van der Waals surface area contributed by atoms with Crippen LogP contribution in [0, 0.1) is 17.0 Å². The third-order valence-corrected chi connectivity index (χ3v) is 4.85. The lowest BCUT2D eigenvalue weighted by Gasteiger charge is -2.13. The SMILES string of the molecule is Cc1ccc([N+](=O)[O-])cc1NC(=O)/C(=N\NC(=S)NN)[C@H]1SC(=S)NC1=O. The van der Waals surface area contributed by atoms with Gasteiger partial charge >= 0.3 is 0 Å². The molecule has 0 unspecified atom stereocenters. The number of hydrazone groups is 1. The summed E-state index contributed by atoms with van der Waals surface area (Å²) in [6, 6.07) is 4.00. The van der Waals surface area contributed by atoms with Crippen molar-refractivity contribution in [3.8, 4) is 0 Å². The number of nitrogens with zero attached hydrogens (tertiary/aromatic N) is 2. The summed E-state index contributed by atoms with van der Waals surface area (Å²) in [4.78, 5) is 35.1. The number of carbonyl (C=O) groups excluding carboxylic acids is 2. The Balaban J connectivity index is 2.32. The molecule has 0 spiro atoms. The summed E-state index contributed by atoms with van der Waals surface area (Å²) in [5.41, 5.74) is 4.81. The first-order valence-electron chi connectivity index (χ1n) is 7.15. The maximum absolute atomic E-state index is 12.7. The Kier molecular flexibility index (Phi) is 6.73. The molecule has 1 heterocycles. The van der Waals surface area contributed by atoms with Gasteiger partial charge in [0.15, 0.2) is 0 Å². The standard InChI is InChI=1S/C13H13N7O4S3/c1-5-2-3-6(20(23)24)4-7(5)15-10(21)8(18-19-12(25)17-14)9-11(22)16-13(26)27-9/h2-4,9H,14H2,1H3,(H,15,21)(H,16,22,26)(H2,17,19,25)/b18-8-/t9-/m1/s1. The number of hydrogen-bond acceptors (Lipinski definition) is 9. The van der Waals surface area contributed by atoms with E-state index in [0.717, 1.165) is 11.8 Å². The summed E-state index contributed by atoms with van der Waals surface area (Å²) < 4.78 is 0.191. The Bertz CT molecular complexity index is 873. The van der Waals surface area contributed by atoms with Crippen molar-refractivity contribution in [1.82, 2.24) is 16.2 Å². The molecule has 0 aromatic heterocycles. The molecule has 1 aliphatic rings. The number of thioether (sulfide) groups is 1. The predicted octanol–water partition coefficient (Wildman–Crippen LogP) is 0.0520. The zero-order chi connectivity index (χ0) is 20.1. The fourth-order valence-electron chi connectivity index (χ4n) is 1.95. The van der Waals surface area contributed by atoms with Crippen molar-refractivity contribution in [1.29, 1.82) is 0 Å². The third kappa shape index (κ3) is 5.16. The van der Waals surface area contributed by atoms with Crippen molar-refractivity contribution >= 4 is 74.5 Å². The molecule has 1 atom stereocenters. The van der Waals surface area contributed by atoms with Crippen LogP contribution in [0.1, 0.15) is 5.56 Å². The van der Waals surface area contributed by atoms with E-state index in [2.05, 4.69) is 26.6 Å². The molecule has 2 rings (SSSR count). The molecule has 1 saturated heterocycles. The smallest absolute Gasteiger partial charge is 0.273 e. The molecule has 27 heavy (non-hydrogen) atoms. The summed E-state index contributed by atoms with van der Waals surface area (Å²) in [6.07, 6.45) is 0. The van der Waals surface area contributed by atoms with Gasteiger partial charge in [-0.15, -0.1) is 0 Å². The molecule has 1 aliphatic heterocycles. The molecule has 14 heteroatoms. The van der Waals surface area contributed by atoms with E-state index in [1.165, 1.54) is 18.2 Å². The van der Waals surface area contributed by atoms with Gasteiger partial charge in [-0.05, 0) is 24.7 Å². The van der Waals surface area contributed by atoms with Crippen LogP contribution in [0.5, 0.6) is 0 Å². The first kappa shape index (κ1) is 20.6. The van der Waals surface area contributed by atoms with Crippen LogP contribution in [-0.2, 0) is 9.59 Å². The zero-order valence-electron chi connectivity index (χ0n) is 13.6. The van der Waals surface area contributed by atoms with Crippen molar-refractivity contribution < 1.29 is 14.5 Å². The second-order valence-corrected chi connectivity index (χ2v) is 7.26. The van der Waals surface area contributed by atoms with Gasteiger partial charge in [0.25, 0.3) is 11.6 Å². The van der Waals surface area contributed by atoms with Crippen LogP contribution in [0.3, 0.4) is 0 Å². The minimum absolute atomic E-state index is 0.0854. The van der Waals surface area contributed by atoms with Crippen LogP contribution < -0.4 is 27.3 Å². The summed E-state index contributed by atoms with van der Waals surface area (Å²) in [5, 5.41) is 18.6. The average molecular weight is 427 g/mol. The summed E-state index contributed by atoms with van der Waals surface area (Å²) in [7, 11) is 0. The molecule has 142 valence electrons. The number of hydrazine groups is 1. The molecule has 1 aromatic carbocycles. The van der Waals surface area contributed by atoms with Gasteiger partial charge in [0.2, 0.25) is 11.0 Å². The number of non-ortho nitro benzene ring substituents is 1. The summed E-state index contributed by atoms with van der Waals surface area (Å²) >= 11 is 10.6. The van der Waals surface area contributed by atoms with Crippen molar-refractivity contribution in [2.24, 2.45) is 10.9 Å². The van der Waals surface area contributed by atoms with E-state index in [0.29, 0.717) is 5.56 Å². The van der Waals surface area contributed by atoms with E-state index in [9.17, 15) is 19.7 Å². The topological polar surface area (TPSA) is 164 Å². The van der Waals surface area contributed by atoms with Crippen LogP contribution in [0.2, 0.25) is 0 Å². The number of anilines is 1. The number of thiocarbonyl (C=S) groups is 2. The highest BCUT2D eigenvalue weighted by Gasteiger charge is 2.37. The molecule has 11 nitrogen and oxygen atoms in total. The Morgan fingerprint density at radius 1 is 1.48 bits per heavy atom. The predicted molar refractivity (Wildman–Crippen MR) is 109 cm³/mol. The molecule has 0 radical (unpaired) electrons. The van der Waals surface area contributed by atoms with Gasteiger partial charge in [-0.1, -0.05) is 30.0 Å². The van der Waals surface area contributed by atoms with Crippen molar-refractivity contribution in [3.63, 3.8) is 0 Å². The van der Waals surface area contributed by atoms with E-state index in [4.69, 9.17) is 30.3 Å². The number of nitro benzene ring substituents is 1. The fraction of sp³-hybridized carbons (Fsp3) is 0.154. The Morgan fingerprint density at radius 3 is 2.74 bits per heavy atom. The molecular formula is C13H13N7O4S3. The lowest BCUT2D eigenvalue weighted by molar-refractivity contribution is -0.384. The molecule has 1 aromatic rings. The number of hydrogen-bond donors (Lipinski definition) is 5. The van der Waals surface area contributed by atoms with Crippen LogP contribution in [0.15, 0.2) is 23.3 Å². The van der Waals surface area contributed by atoms with Crippen molar-refractivity contribution in [3.05, 3.63) is 33.9 Å². The van der Waals surface area contributed by atoms with Gasteiger partial charge in [0.05, 0.1) is 10.6 Å². The van der Waals surface area contributed by atoms with Crippen LogP contribution >= 0.6 is 36.2 Å². The lowest BCUT2D eigenvalue weighted by atomic mass is 10.1. The maximum Gasteiger partial charge on any atom is 0.273 e. The van der Waals surface area contributed by atoms with E-state index in [-0.39, 0.29) is 26.5 Å². The van der Waals surface area contributed by atoms with Gasteiger partial charge in [0.1, 0.15) is 15.3 Å². The van der Waals surface area contributed by atoms with Crippen molar-refractivity contribution in [2.45, 2.75) is 12.2 Å². The highest BCUT2D eigenvalue weighted by atomic mass is 32.2. The third-order valence-electron chi connectivity index (χ3n) is 3.26. The number of nitrogens with two attached hydrogens (primary N) is 1. The minimum atomic E-state index is -1.02. The van der Waals surface area contributed by atoms with Gasteiger partial charge in [-0.25, -0.2) is 5.84 Å². The number of benzene rings is 1. The summed E-state index contributed by atoms with van der Waals surface area (Å²) in [5.74, 6) is 3.85. The Hall–Kier alpha value is -2.68. The molecule has 2 amide bonds. The van der Waals surface area contributed by atoms with E-state index in [1.54, 1.807) is 6.92 Å². The minimum Gasteiger partial charge on any atom is -0.320 e. The Morgan fingerprint density at radius 2 is 2.19 bits per heavy atom. The van der Waals surface area contributed by atoms with Gasteiger partial charge in [-0.2, -0.15) is 5.10 Å². The average Bonchev–Trinajstić information content (AvgIpc) is 2.94. The van der Waals surface area contributed by atoms with E-state index in [1.807, 2.05) is 0 Å². The zero-order valence-corrected chi connectivity index (χ0v) is 16.1. The number of carbonyl (C=O) groups is 2. The first-order chi connectivity index (χ1) is 12.7. The van der Waals surface area contributed by atoms with E-state index < -0.39 is 22.0 Å². The lowest BCUT2D eigenvalue weighted by Crippen LogP contribution is -2.42. The highest BCUT2D eigenvalue weighted by molar-refractivity contribution is 8.25. The van der Waals surface area contributed by atoms with Gasteiger partial charge < -0.3 is 10.6 Å². The number of aryl methyl sites for hydroxylation is 1. The van der Waals surface area contributed by atoms with Gasteiger partial charge in [0, 0.05) is 12.1 Å². The number of rotatable bonds is 5. The van der Waals surface area contributed by atoms with Crippen LogP contribution in [-0.4, -0.2) is 37.1 Å². The monoisotopic (exact) mass is 427 g/mol. The normalized spacial score (nSPS) is 16.5. The number of amides is 2. The molecular weight excluding hydrogens is 414 g/mol. The second-order valence-electron chi connectivity index (χ2n) is 5.07. The molecule has 0 saturated carbocycles. The van der Waals surface area contributed by atoms with Gasteiger partial charge in [-0.3, -0.25) is 30.6 Å². The van der Waals surface area contributed by atoms with Crippen molar-refractivity contribution in [2.75, 3.05) is 5.32 Å². The quantitative estimate of drug-likeness (QED) is 0.143. The maximum atomic E-state index is 12.7. The van der Waals surface area contributed by atoms with Crippen LogP contribution in [0.4, 0.5) is 11.4 Å². The van der Waals surface area contributed by atoms with Crippen LogP contribution in [0.25, 0.3) is 0 Å². The number of nitrogens with one attached hydrogen (secondary N) is 4. The molecule has 0 bridgehead atoms. The van der Waals surface area contributed by atoms with E-state index >= 15 is 0 Å².